The SMILES string of the molecule is CO[C@@H](C)CCOC(=O)CBr. The van der Waals surface area contributed by atoms with E-state index in [4.69, 9.17) is 9.47 Å². The molecule has 0 saturated carbocycles. The van der Waals surface area contributed by atoms with Gasteiger partial charge in [-0.3, -0.25) is 4.79 Å². The molecular formula is C7H13BrO3. The molecule has 0 aromatic carbocycles. The predicted octanol–water partition coefficient (Wildman–Crippen LogP) is 1.35. The van der Waals surface area contributed by atoms with Gasteiger partial charge in [-0.2, -0.15) is 0 Å². The van der Waals surface area contributed by atoms with Crippen LogP contribution in [-0.2, 0) is 14.3 Å². The van der Waals surface area contributed by atoms with Crippen molar-refractivity contribution in [2.24, 2.45) is 0 Å². The predicted molar refractivity (Wildman–Crippen MR) is 45.8 cm³/mol. The first-order valence-electron chi connectivity index (χ1n) is 3.45. The quantitative estimate of drug-likeness (QED) is 0.523. The van der Waals surface area contributed by atoms with Gasteiger partial charge in [-0.05, 0) is 6.92 Å². The Morgan fingerprint density at radius 3 is 2.73 bits per heavy atom. The van der Waals surface area contributed by atoms with Gasteiger partial charge in [0.15, 0.2) is 0 Å². The summed E-state index contributed by atoms with van der Waals surface area (Å²) in [6.07, 6.45) is 0.896. The Morgan fingerprint density at radius 2 is 2.27 bits per heavy atom. The van der Waals surface area contributed by atoms with Crippen molar-refractivity contribution in [1.82, 2.24) is 0 Å². The maximum atomic E-state index is 10.6. The number of carbonyl (C=O) groups is 1. The average Bonchev–Trinajstić information content (AvgIpc) is 2.04. The molecule has 0 aliphatic carbocycles. The molecule has 0 aromatic heterocycles. The van der Waals surface area contributed by atoms with E-state index in [0.29, 0.717) is 6.61 Å². The summed E-state index contributed by atoms with van der Waals surface area (Å²) in [6.45, 7) is 2.36. The maximum absolute atomic E-state index is 10.6. The number of halogens is 1. The summed E-state index contributed by atoms with van der Waals surface area (Å²) in [5.74, 6) is -0.228. The Labute approximate surface area is 75.2 Å². The monoisotopic (exact) mass is 224 g/mol. The molecule has 11 heavy (non-hydrogen) atoms. The molecule has 3 nitrogen and oxygen atoms in total. The van der Waals surface area contributed by atoms with Gasteiger partial charge < -0.3 is 9.47 Å². The fraction of sp³-hybridized carbons (Fsp3) is 0.857. The van der Waals surface area contributed by atoms with Crippen molar-refractivity contribution in [3.05, 3.63) is 0 Å². The molecule has 0 aliphatic rings. The molecule has 0 fully saturated rings. The summed E-state index contributed by atoms with van der Waals surface area (Å²) in [7, 11) is 1.64. The van der Waals surface area contributed by atoms with Crippen LogP contribution in [0.2, 0.25) is 0 Å². The number of rotatable bonds is 5. The van der Waals surface area contributed by atoms with Crippen molar-refractivity contribution in [2.45, 2.75) is 19.4 Å². The minimum Gasteiger partial charge on any atom is -0.465 e. The lowest BCUT2D eigenvalue weighted by atomic mass is 10.3. The van der Waals surface area contributed by atoms with E-state index in [2.05, 4.69) is 15.9 Å². The molecule has 0 unspecified atom stereocenters. The average molecular weight is 225 g/mol. The molecule has 0 heterocycles. The molecule has 66 valence electrons. The van der Waals surface area contributed by atoms with Crippen molar-refractivity contribution in [2.75, 3.05) is 19.0 Å². The number of alkyl halides is 1. The van der Waals surface area contributed by atoms with Gasteiger partial charge in [-0.15, -0.1) is 0 Å². The first kappa shape index (κ1) is 10.9. The Hall–Kier alpha value is -0.0900. The molecule has 0 bridgehead atoms. The van der Waals surface area contributed by atoms with Crippen molar-refractivity contribution >= 4 is 21.9 Å². The third-order valence-electron chi connectivity index (χ3n) is 1.30. The van der Waals surface area contributed by atoms with E-state index in [1.165, 1.54) is 0 Å². The molecule has 0 rings (SSSR count). The molecular weight excluding hydrogens is 212 g/mol. The second-order valence-corrected chi connectivity index (χ2v) is 2.75. The normalized spacial score (nSPS) is 12.6. The van der Waals surface area contributed by atoms with E-state index < -0.39 is 0 Å². The van der Waals surface area contributed by atoms with E-state index >= 15 is 0 Å². The first-order chi connectivity index (χ1) is 5.20. The van der Waals surface area contributed by atoms with Crippen LogP contribution >= 0.6 is 15.9 Å². The number of hydrogen-bond donors (Lipinski definition) is 0. The van der Waals surface area contributed by atoms with Crippen LogP contribution in [0.3, 0.4) is 0 Å². The Balaban J connectivity index is 3.20. The lowest BCUT2D eigenvalue weighted by Crippen LogP contribution is -2.12. The molecule has 0 N–H and O–H groups in total. The molecule has 0 spiro atoms. The second-order valence-electron chi connectivity index (χ2n) is 2.19. The summed E-state index contributed by atoms with van der Waals surface area (Å²) in [5, 5.41) is 0.258. The van der Waals surface area contributed by atoms with Gasteiger partial charge in [0.05, 0.1) is 12.7 Å². The summed E-state index contributed by atoms with van der Waals surface area (Å²) < 4.78 is 9.76. The van der Waals surface area contributed by atoms with Gasteiger partial charge in [0, 0.05) is 13.5 Å². The van der Waals surface area contributed by atoms with Crippen molar-refractivity contribution in [3.8, 4) is 0 Å². The van der Waals surface area contributed by atoms with Gasteiger partial charge in [-0.25, -0.2) is 0 Å². The number of hydrogen-bond acceptors (Lipinski definition) is 3. The molecule has 0 aliphatic heterocycles. The van der Waals surface area contributed by atoms with Crippen molar-refractivity contribution < 1.29 is 14.3 Å². The first-order valence-corrected chi connectivity index (χ1v) is 4.57. The highest BCUT2D eigenvalue weighted by atomic mass is 79.9. The smallest absolute Gasteiger partial charge is 0.316 e. The second kappa shape index (κ2) is 6.61. The molecule has 0 aromatic rings. The number of esters is 1. The molecule has 0 radical (unpaired) electrons. The fourth-order valence-electron chi connectivity index (χ4n) is 0.495. The molecule has 1 atom stereocenters. The van der Waals surface area contributed by atoms with E-state index in [1.54, 1.807) is 7.11 Å². The standard InChI is InChI=1S/C7H13BrO3/c1-6(10-2)3-4-11-7(9)5-8/h6H,3-5H2,1-2H3/t6-/m0/s1. The highest BCUT2D eigenvalue weighted by Gasteiger charge is 2.02. The highest BCUT2D eigenvalue weighted by molar-refractivity contribution is 9.09. The maximum Gasteiger partial charge on any atom is 0.316 e. The van der Waals surface area contributed by atoms with E-state index in [0.717, 1.165) is 6.42 Å². The number of carbonyl (C=O) groups excluding carboxylic acids is 1. The third-order valence-corrected chi connectivity index (χ3v) is 1.76. The lowest BCUT2D eigenvalue weighted by molar-refractivity contribution is -0.140. The van der Waals surface area contributed by atoms with E-state index in [9.17, 15) is 4.79 Å². The van der Waals surface area contributed by atoms with Gasteiger partial charge in [0.1, 0.15) is 5.33 Å². The largest absolute Gasteiger partial charge is 0.465 e. The summed E-state index contributed by atoms with van der Waals surface area (Å²) in [5.41, 5.74) is 0. The number of methoxy groups -OCH3 is 1. The van der Waals surface area contributed by atoms with Gasteiger partial charge >= 0.3 is 5.97 Å². The molecule has 4 heteroatoms. The molecule has 0 amide bonds. The minimum absolute atomic E-state index is 0.151. The fourth-order valence-corrected chi connectivity index (χ4v) is 0.657. The lowest BCUT2D eigenvalue weighted by Gasteiger charge is -2.08. The zero-order chi connectivity index (χ0) is 8.69. The summed E-state index contributed by atoms with van der Waals surface area (Å²) >= 11 is 2.99. The van der Waals surface area contributed by atoms with Gasteiger partial charge in [0.25, 0.3) is 0 Å². The van der Waals surface area contributed by atoms with Crippen LogP contribution in [-0.4, -0.2) is 31.1 Å². The molecule has 0 saturated heterocycles. The Bertz CT molecular complexity index is 116. The zero-order valence-corrected chi connectivity index (χ0v) is 8.39. The topological polar surface area (TPSA) is 35.5 Å². The zero-order valence-electron chi connectivity index (χ0n) is 6.80. The third kappa shape index (κ3) is 6.31. The van der Waals surface area contributed by atoms with Gasteiger partial charge in [-0.1, -0.05) is 15.9 Å². The van der Waals surface area contributed by atoms with Crippen LogP contribution in [0.25, 0.3) is 0 Å². The highest BCUT2D eigenvalue weighted by Crippen LogP contribution is 1.96. The van der Waals surface area contributed by atoms with Crippen LogP contribution in [0.4, 0.5) is 0 Å². The van der Waals surface area contributed by atoms with Crippen LogP contribution in [0.15, 0.2) is 0 Å². The Kier molecular flexibility index (Phi) is 6.56. The van der Waals surface area contributed by atoms with Crippen LogP contribution in [0.5, 0.6) is 0 Å². The summed E-state index contributed by atoms with van der Waals surface area (Å²) in [4.78, 5) is 10.6. The van der Waals surface area contributed by atoms with E-state index in [-0.39, 0.29) is 17.4 Å². The number of ether oxygens (including phenoxy) is 2. The Morgan fingerprint density at radius 1 is 1.64 bits per heavy atom. The van der Waals surface area contributed by atoms with Crippen molar-refractivity contribution in [3.63, 3.8) is 0 Å². The van der Waals surface area contributed by atoms with Crippen molar-refractivity contribution in [1.29, 1.82) is 0 Å². The minimum atomic E-state index is -0.228. The van der Waals surface area contributed by atoms with E-state index in [1.807, 2.05) is 6.92 Å². The summed E-state index contributed by atoms with van der Waals surface area (Å²) in [6, 6.07) is 0. The van der Waals surface area contributed by atoms with Crippen LogP contribution in [0.1, 0.15) is 13.3 Å². The van der Waals surface area contributed by atoms with Crippen LogP contribution in [0, 0.1) is 0 Å². The van der Waals surface area contributed by atoms with Gasteiger partial charge in [0.2, 0.25) is 0 Å². The van der Waals surface area contributed by atoms with Crippen LogP contribution < -0.4 is 0 Å².